The molecule has 0 bridgehead atoms. The van der Waals surface area contributed by atoms with E-state index in [0.29, 0.717) is 30.3 Å². The van der Waals surface area contributed by atoms with Crippen molar-refractivity contribution in [3.05, 3.63) is 47.8 Å². The molecular formula is C22H27FN4O5. The van der Waals surface area contributed by atoms with Crippen molar-refractivity contribution in [2.45, 2.75) is 0 Å². The minimum absolute atomic E-state index is 0.146. The first-order valence-electron chi connectivity index (χ1n) is 10.1. The zero-order valence-corrected chi connectivity index (χ0v) is 18.3. The first-order chi connectivity index (χ1) is 15.4. The van der Waals surface area contributed by atoms with E-state index in [1.807, 2.05) is 4.90 Å². The van der Waals surface area contributed by atoms with Crippen LogP contribution in [0.2, 0.25) is 0 Å². The van der Waals surface area contributed by atoms with Gasteiger partial charge in [-0.15, -0.1) is 0 Å². The molecule has 32 heavy (non-hydrogen) atoms. The van der Waals surface area contributed by atoms with E-state index in [-0.39, 0.29) is 23.8 Å². The maximum absolute atomic E-state index is 13.1. The number of halogens is 1. The maximum atomic E-state index is 13.1. The molecular weight excluding hydrogens is 419 g/mol. The van der Waals surface area contributed by atoms with Crippen LogP contribution in [0.4, 0.5) is 10.1 Å². The number of hydrogen-bond acceptors (Lipinski definition) is 7. The number of nitrogens with one attached hydrogen (secondary N) is 2. The lowest BCUT2D eigenvalue weighted by molar-refractivity contribution is -0.123. The Kier molecular flexibility index (Phi) is 7.72. The number of rotatable bonds is 7. The van der Waals surface area contributed by atoms with Gasteiger partial charge in [-0.2, -0.15) is 0 Å². The van der Waals surface area contributed by atoms with Crippen LogP contribution >= 0.6 is 0 Å². The summed E-state index contributed by atoms with van der Waals surface area (Å²) in [5.74, 6) is -0.0718. The number of methoxy groups -OCH3 is 3. The second kappa shape index (κ2) is 10.7. The van der Waals surface area contributed by atoms with E-state index in [9.17, 15) is 14.0 Å². The first kappa shape index (κ1) is 23.1. The largest absolute Gasteiger partial charge is 0.493 e. The average molecular weight is 446 g/mol. The number of piperazine rings is 1. The second-order valence-electron chi connectivity index (χ2n) is 7.16. The van der Waals surface area contributed by atoms with E-state index >= 15 is 0 Å². The molecule has 2 N–H and O–H groups in total. The van der Waals surface area contributed by atoms with Crippen LogP contribution in [0, 0.1) is 5.82 Å². The molecule has 2 amide bonds. The van der Waals surface area contributed by atoms with Crippen LogP contribution in [0.25, 0.3) is 0 Å². The predicted molar refractivity (Wildman–Crippen MR) is 117 cm³/mol. The topological polar surface area (TPSA) is 92.4 Å². The Bertz CT molecular complexity index is 921. The van der Waals surface area contributed by atoms with E-state index in [2.05, 4.69) is 15.8 Å². The second-order valence-corrected chi connectivity index (χ2v) is 7.16. The normalized spacial score (nSPS) is 13.9. The van der Waals surface area contributed by atoms with Gasteiger partial charge in [0.15, 0.2) is 11.5 Å². The predicted octanol–water partition coefficient (Wildman–Crippen LogP) is 1.43. The number of hydrazine groups is 1. The van der Waals surface area contributed by atoms with Crippen molar-refractivity contribution < 1.29 is 28.2 Å². The molecule has 0 aromatic heterocycles. The molecule has 1 heterocycles. The van der Waals surface area contributed by atoms with Gasteiger partial charge in [-0.05, 0) is 36.4 Å². The van der Waals surface area contributed by atoms with Gasteiger partial charge in [0, 0.05) is 37.4 Å². The number of ether oxygens (including phenoxy) is 3. The standard InChI is InChI=1S/C22H27FN4O5/c1-30-18-12-15(13-19(31-2)21(18)32-3)22(29)25-24-20(28)14-26-8-10-27(11-9-26)17-6-4-16(23)5-7-17/h4-7,12-13H,8-11,14H2,1-3H3,(H,24,28)(H,25,29). The summed E-state index contributed by atoms with van der Waals surface area (Å²) in [6.07, 6.45) is 0. The van der Waals surface area contributed by atoms with Crippen LogP contribution in [0.3, 0.4) is 0 Å². The Hall–Kier alpha value is -3.53. The summed E-state index contributed by atoms with van der Waals surface area (Å²) in [4.78, 5) is 28.9. The zero-order valence-electron chi connectivity index (χ0n) is 18.3. The minimum atomic E-state index is -0.515. The fourth-order valence-electron chi connectivity index (χ4n) is 3.47. The number of anilines is 1. The Balaban J connectivity index is 1.49. The lowest BCUT2D eigenvalue weighted by Crippen LogP contribution is -2.52. The number of nitrogens with zero attached hydrogens (tertiary/aromatic N) is 2. The highest BCUT2D eigenvalue weighted by Gasteiger charge is 2.20. The molecule has 3 rings (SSSR count). The van der Waals surface area contributed by atoms with Crippen LogP contribution in [0.5, 0.6) is 17.2 Å². The lowest BCUT2D eigenvalue weighted by atomic mass is 10.1. The molecule has 0 atom stereocenters. The molecule has 0 saturated carbocycles. The van der Waals surface area contributed by atoms with Gasteiger partial charge >= 0.3 is 0 Å². The number of benzene rings is 2. The van der Waals surface area contributed by atoms with Crippen molar-refractivity contribution in [1.82, 2.24) is 15.8 Å². The van der Waals surface area contributed by atoms with Crippen molar-refractivity contribution in [2.24, 2.45) is 0 Å². The van der Waals surface area contributed by atoms with Crippen LogP contribution in [-0.4, -0.2) is 70.8 Å². The van der Waals surface area contributed by atoms with Crippen molar-refractivity contribution in [3.8, 4) is 17.2 Å². The number of amides is 2. The summed E-state index contributed by atoms with van der Waals surface area (Å²) in [6.45, 7) is 2.93. The third-order valence-electron chi connectivity index (χ3n) is 5.17. The molecule has 1 aliphatic heterocycles. The van der Waals surface area contributed by atoms with Crippen molar-refractivity contribution in [3.63, 3.8) is 0 Å². The molecule has 9 nitrogen and oxygen atoms in total. The van der Waals surface area contributed by atoms with Gasteiger partial charge in [-0.3, -0.25) is 25.3 Å². The van der Waals surface area contributed by atoms with E-state index < -0.39 is 5.91 Å². The summed E-state index contributed by atoms with van der Waals surface area (Å²) in [5, 5.41) is 0. The van der Waals surface area contributed by atoms with Crippen LogP contribution < -0.4 is 30.0 Å². The quantitative estimate of drug-likeness (QED) is 0.622. The molecule has 1 fully saturated rings. The number of carbonyl (C=O) groups is 2. The Morgan fingerprint density at radius 1 is 0.906 bits per heavy atom. The van der Waals surface area contributed by atoms with E-state index in [1.165, 1.54) is 45.6 Å². The van der Waals surface area contributed by atoms with Gasteiger partial charge in [0.05, 0.1) is 27.9 Å². The Morgan fingerprint density at radius 2 is 1.50 bits per heavy atom. The van der Waals surface area contributed by atoms with Crippen LogP contribution in [-0.2, 0) is 4.79 Å². The van der Waals surface area contributed by atoms with Crippen molar-refractivity contribution >= 4 is 17.5 Å². The highest BCUT2D eigenvalue weighted by molar-refractivity contribution is 5.96. The molecule has 1 saturated heterocycles. The van der Waals surface area contributed by atoms with E-state index in [1.54, 1.807) is 12.1 Å². The third kappa shape index (κ3) is 5.58. The first-order valence-corrected chi connectivity index (χ1v) is 10.1. The van der Waals surface area contributed by atoms with Crippen LogP contribution in [0.1, 0.15) is 10.4 Å². The highest BCUT2D eigenvalue weighted by atomic mass is 19.1. The van der Waals surface area contributed by atoms with E-state index in [0.717, 1.165) is 18.8 Å². The summed E-state index contributed by atoms with van der Waals surface area (Å²) in [5.41, 5.74) is 6.03. The molecule has 2 aromatic carbocycles. The average Bonchev–Trinajstić information content (AvgIpc) is 2.82. The monoisotopic (exact) mass is 446 g/mol. The van der Waals surface area contributed by atoms with Gasteiger partial charge < -0.3 is 19.1 Å². The molecule has 10 heteroatoms. The fraction of sp³-hybridized carbons (Fsp3) is 0.364. The molecule has 172 valence electrons. The van der Waals surface area contributed by atoms with Gasteiger partial charge in [0.25, 0.3) is 11.8 Å². The summed E-state index contributed by atoms with van der Waals surface area (Å²) in [6, 6.07) is 9.36. The van der Waals surface area contributed by atoms with Gasteiger partial charge in [0.2, 0.25) is 5.75 Å². The van der Waals surface area contributed by atoms with E-state index in [4.69, 9.17) is 14.2 Å². The molecule has 0 radical (unpaired) electrons. The van der Waals surface area contributed by atoms with Crippen molar-refractivity contribution in [1.29, 1.82) is 0 Å². The molecule has 2 aromatic rings. The van der Waals surface area contributed by atoms with Gasteiger partial charge in [-0.1, -0.05) is 0 Å². The number of carbonyl (C=O) groups excluding carboxylic acids is 2. The smallest absolute Gasteiger partial charge is 0.269 e. The van der Waals surface area contributed by atoms with Crippen molar-refractivity contribution in [2.75, 3.05) is 59.0 Å². The molecule has 0 aliphatic carbocycles. The maximum Gasteiger partial charge on any atom is 0.269 e. The Labute approximate surface area is 186 Å². The zero-order chi connectivity index (χ0) is 23.1. The summed E-state index contributed by atoms with van der Waals surface area (Å²) < 4.78 is 28.8. The Morgan fingerprint density at radius 3 is 2.03 bits per heavy atom. The van der Waals surface area contributed by atoms with Gasteiger partial charge in [-0.25, -0.2) is 4.39 Å². The third-order valence-corrected chi connectivity index (χ3v) is 5.17. The molecule has 0 spiro atoms. The minimum Gasteiger partial charge on any atom is -0.493 e. The lowest BCUT2D eigenvalue weighted by Gasteiger charge is -2.35. The SMILES string of the molecule is COc1cc(C(=O)NNC(=O)CN2CCN(c3ccc(F)cc3)CC2)cc(OC)c1OC. The highest BCUT2D eigenvalue weighted by Crippen LogP contribution is 2.38. The van der Waals surface area contributed by atoms with Crippen LogP contribution in [0.15, 0.2) is 36.4 Å². The molecule has 1 aliphatic rings. The van der Waals surface area contributed by atoms with Gasteiger partial charge in [0.1, 0.15) is 5.82 Å². The summed E-state index contributed by atoms with van der Waals surface area (Å²) in [7, 11) is 4.38. The fourth-order valence-corrected chi connectivity index (χ4v) is 3.47. The summed E-state index contributed by atoms with van der Waals surface area (Å²) >= 11 is 0. The molecule has 0 unspecified atom stereocenters. The number of hydrogen-bond donors (Lipinski definition) is 2.